The number of hydrogen-bond acceptors (Lipinski definition) is 3. The summed E-state index contributed by atoms with van der Waals surface area (Å²) in [6, 6.07) is 7.54. The Balaban J connectivity index is 2.21. The Hall–Kier alpha value is -1.52. The van der Waals surface area contributed by atoms with Crippen molar-refractivity contribution in [3.05, 3.63) is 46.2 Å². The molecule has 0 saturated carbocycles. The van der Waals surface area contributed by atoms with Crippen LogP contribution in [0, 0.1) is 6.92 Å². The van der Waals surface area contributed by atoms with Gasteiger partial charge in [0.15, 0.2) is 0 Å². The lowest BCUT2D eigenvalue weighted by Crippen LogP contribution is -2.08. The Labute approximate surface area is 130 Å². The quantitative estimate of drug-likeness (QED) is 0.880. The van der Waals surface area contributed by atoms with Crippen molar-refractivity contribution in [2.75, 3.05) is 0 Å². The number of para-hydroxylation sites is 1. The van der Waals surface area contributed by atoms with Gasteiger partial charge in [0.05, 0.1) is 22.5 Å². The van der Waals surface area contributed by atoms with E-state index in [1.807, 2.05) is 49.7 Å². The van der Waals surface area contributed by atoms with Crippen molar-refractivity contribution in [2.45, 2.75) is 46.4 Å². The van der Waals surface area contributed by atoms with Gasteiger partial charge in [-0.05, 0) is 26.3 Å². The van der Waals surface area contributed by atoms with E-state index >= 15 is 0 Å². The molecule has 0 amide bonds. The lowest BCUT2D eigenvalue weighted by atomic mass is 10.1. The predicted molar refractivity (Wildman–Crippen MR) is 83.7 cm³/mol. The van der Waals surface area contributed by atoms with Crippen LogP contribution in [0.15, 0.2) is 24.3 Å². The molecule has 5 heteroatoms. The fourth-order valence-electron chi connectivity index (χ4n) is 2.26. The smallest absolute Gasteiger partial charge is 0.131 e. The molecule has 21 heavy (non-hydrogen) atoms. The Morgan fingerprint density at radius 3 is 2.71 bits per heavy atom. The molecular weight excluding hydrogens is 288 g/mol. The number of halogens is 1. The molecule has 114 valence electrons. The number of aliphatic hydroxyl groups is 1. The third-order valence-electron chi connectivity index (χ3n) is 3.48. The first kappa shape index (κ1) is 15.9. The number of nitrogens with zero attached hydrogens (tertiary/aromatic N) is 2. The van der Waals surface area contributed by atoms with E-state index in [9.17, 15) is 5.11 Å². The van der Waals surface area contributed by atoms with Crippen LogP contribution in [0.1, 0.15) is 43.3 Å². The fourth-order valence-corrected chi connectivity index (χ4v) is 2.45. The summed E-state index contributed by atoms with van der Waals surface area (Å²) in [6.07, 6.45) is 0.127. The van der Waals surface area contributed by atoms with Crippen molar-refractivity contribution >= 4 is 11.6 Å². The summed E-state index contributed by atoms with van der Waals surface area (Å²) in [5, 5.41) is 15.1. The molecular formula is C16H21ClN2O2. The molecule has 2 aromatic rings. The molecule has 1 aromatic carbocycles. The molecule has 0 saturated heterocycles. The number of benzene rings is 1. The van der Waals surface area contributed by atoms with Crippen LogP contribution >= 0.6 is 11.6 Å². The highest BCUT2D eigenvalue weighted by molar-refractivity contribution is 6.31. The van der Waals surface area contributed by atoms with Gasteiger partial charge in [0.1, 0.15) is 12.4 Å². The lowest BCUT2D eigenvalue weighted by Gasteiger charge is -2.15. The van der Waals surface area contributed by atoms with E-state index in [4.69, 9.17) is 16.3 Å². The van der Waals surface area contributed by atoms with Crippen LogP contribution in [0.25, 0.3) is 0 Å². The van der Waals surface area contributed by atoms with E-state index in [1.165, 1.54) is 0 Å². The number of aliphatic hydroxyl groups excluding tert-OH is 1. The van der Waals surface area contributed by atoms with Crippen molar-refractivity contribution in [3.63, 3.8) is 0 Å². The Bertz CT molecular complexity index is 610. The van der Waals surface area contributed by atoms with E-state index in [0.29, 0.717) is 23.8 Å². The molecule has 0 bridgehead atoms. The molecule has 0 spiro atoms. The van der Waals surface area contributed by atoms with Gasteiger partial charge >= 0.3 is 0 Å². The minimum atomic E-state index is -0.519. The summed E-state index contributed by atoms with van der Waals surface area (Å²) >= 11 is 6.28. The van der Waals surface area contributed by atoms with Crippen LogP contribution in [0.5, 0.6) is 5.75 Å². The maximum Gasteiger partial charge on any atom is 0.131 e. The lowest BCUT2D eigenvalue weighted by molar-refractivity contribution is 0.166. The van der Waals surface area contributed by atoms with Crippen LogP contribution in [0.2, 0.25) is 5.02 Å². The normalized spacial score (nSPS) is 12.4. The average molecular weight is 309 g/mol. The maximum absolute atomic E-state index is 10.0. The Morgan fingerprint density at radius 1 is 1.33 bits per heavy atom. The van der Waals surface area contributed by atoms with Gasteiger partial charge in [0.25, 0.3) is 0 Å². The van der Waals surface area contributed by atoms with E-state index < -0.39 is 6.10 Å². The Morgan fingerprint density at radius 2 is 2.05 bits per heavy atom. The molecule has 0 aliphatic rings. The fraction of sp³-hybridized carbons (Fsp3) is 0.438. The van der Waals surface area contributed by atoms with Crippen LogP contribution in [0.4, 0.5) is 0 Å². The first-order valence-electron chi connectivity index (χ1n) is 7.20. The highest BCUT2D eigenvalue weighted by Gasteiger charge is 2.15. The standard InChI is InChI=1S/C16H21ClN2O2/c1-4-14(20)12-8-6-7-9-15(12)21-10-13-16(17)11(3)18-19(13)5-2/h6-9,14,20H,4-5,10H2,1-3H3/t14-/m1/s1. The molecule has 4 nitrogen and oxygen atoms in total. The molecule has 0 fully saturated rings. The monoisotopic (exact) mass is 308 g/mol. The number of rotatable bonds is 6. The van der Waals surface area contributed by atoms with Crippen LogP contribution in [-0.4, -0.2) is 14.9 Å². The second-order valence-corrected chi connectivity index (χ2v) is 5.29. The van der Waals surface area contributed by atoms with Crippen LogP contribution in [0.3, 0.4) is 0 Å². The zero-order valence-electron chi connectivity index (χ0n) is 12.6. The molecule has 1 atom stereocenters. The van der Waals surface area contributed by atoms with Gasteiger partial charge in [0.2, 0.25) is 0 Å². The highest BCUT2D eigenvalue weighted by Crippen LogP contribution is 2.29. The van der Waals surface area contributed by atoms with Gasteiger partial charge in [0, 0.05) is 12.1 Å². The van der Waals surface area contributed by atoms with Gasteiger partial charge in [-0.15, -0.1) is 0 Å². The van der Waals surface area contributed by atoms with Gasteiger partial charge < -0.3 is 9.84 Å². The molecule has 0 unspecified atom stereocenters. The zero-order chi connectivity index (χ0) is 15.4. The topological polar surface area (TPSA) is 47.3 Å². The first-order chi connectivity index (χ1) is 10.1. The molecule has 0 aliphatic heterocycles. The Kier molecular flexibility index (Phi) is 5.26. The van der Waals surface area contributed by atoms with E-state index in [1.54, 1.807) is 0 Å². The number of hydrogen-bond donors (Lipinski definition) is 1. The van der Waals surface area contributed by atoms with Crippen molar-refractivity contribution in [2.24, 2.45) is 0 Å². The summed E-state index contributed by atoms with van der Waals surface area (Å²) in [7, 11) is 0. The molecule has 0 radical (unpaired) electrons. The number of ether oxygens (including phenoxy) is 1. The molecule has 2 rings (SSSR count). The molecule has 1 aromatic heterocycles. The molecule has 1 heterocycles. The van der Waals surface area contributed by atoms with Crippen molar-refractivity contribution in [1.29, 1.82) is 0 Å². The van der Waals surface area contributed by atoms with Gasteiger partial charge in [-0.2, -0.15) is 5.10 Å². The summed E-state index contributed by atoms with van der Waals surface area (Å²) in [4.78, 5) is 0. The zero-order valence-corrected chi connectivity index (χ0v) is 13.4. The van der Waals surface area contributed by atoms with Crippen LogP contribution < -0.4 is 4.74 Å². The SMILES string of the molecule is CC[C@@H](O)c1ccccc1OCc1c(Cl)c(C)nn1CC. The summed E-state index contributed by atoms with van der Waals surface area (Å²) in [5.74, 6) is 0.685. The molecule has 1 N–H and O–H groups in total. The predicted octanol–water partition coefficient (Wildman–Crippen LogP) is 3.89. The summed E-state index contributed by atoms with van der Waals surface area (Å²) in [6.45, 7) is 6.91. The second kappa shape index (κ2) is 6.96. The third-order valence-corrected chi connectivity index (χ3v) is 3.97. The molecule has 0 aliphatic carbocycles. The van der Waals surface area contributed by atoms with Gasteiger partial charge in [-0.25, -0.2) is 0 Å². The van der Waals surface area contributed by atoms with E-state index in [0.717, 1.165) is 23.5 Å². The van der Waals surface area contributed by atoms with Gasteiger partial charge in [-0.3, -0.25) is 4.68 Å². The average Bonchev–Trinajstić information content (AvgIpc) is 2.79. The largest absolute Gasteiger partial charge is 0.487 e. The van der Waals surface area contributed by atoms with Crippen LogP contribution in [-0.2, 0) is 13.2 Å². The second-order valence-electron chi connectivity index (χ2n) is 4.91. The number of aromatic nitrogens is 2. The third kappa shape index (κ3) is 3.39. The first-order valence-corrected chi connectivity index (χ1v) is 7.57. The van der Waals surface area contributed by atoms with Crippen molar-refractivity contribution in [3.8, 4) is 5.75 Å². The minimum absolute atomic E-state index is 0.334. The number of aryl methyl sites for hydroxylation is 2. The highest BCUT2D eigenvalue weighted by atomic mass is 35.5. The summed E-state index contributed by atoms with van der Waals surface area (Å²) in [5.41, 5.74) is 2.46. The van der Waals surface area contributed by atoms with Crippen molar-refractivity contribution < 1.29 is 9.84 Å². The van der Waals surface area contributed by atoms with Crippen molar-refractivity contribution in [1.82, 2.24) is 9.78 Å². The van der Waals surface area contributed by atoms with Gasteiger partial charge in [-0.1, -0.05) is 36.7 Å². The summed E-state index contributed by atoms with van der Waals surface area (Å²) < 4.78 is 7.72. The van der Waals surface area contributed by atoms with E-state index in [-0.39, 0.29) is 0 Å². The van der Waals surface area contributed by atoms with E-state index in [2.05, 4.69) is 5.10 Å². The maximum atomic E-state index is 10.0. The minimum Gasteiger partial charge on any atom is -0.487 e.